The second-order valence-electron chi connectivity index (χ2n) is 8.00. The Bertz CT molecular complexity index is 710. The van der Waals surface area contributed by atoms with Gasteiger partial charge in [0.15, 0.2) is 5.78 Å². The SMILES string of the molecule is O=C(C1(c2ccc(O)cc2)CCCC1)C1(c2ccc(O)cc2)CCCC1. The van der Waals surface area contributed by atoms with Gasteiger partial charge in [-0.2, -0.15) is 0 Å². The van der Waals surface area contributed by atoms with Gasteiger partial charge in [-0.25, -0.2) is 0 Å². The van der Waals surface area contributed by atoms with Gasteiger partial charge in [0.2, 0.25) is 0 Å². The van der Waals surface area contributed by atoms with Gasteiger partial charge in [0.05, 0.1) is 10.8 Å². The van der Waals surface area contributed by atoms with Gasteiger partial charge in [-0.1, -0.05) is 49.9 Å². The second kappa shape index (κ2) is 6.46. The fourth-order valence-corrected chi connectivity index (χ4v) is 5.27. The van der Waals surface area contributed by atoms with E-state index in [4.69, 9.17) is 0 Å². The molecule has 0 aromatic heterocycles. The molecule has 0 atom stereocenters. The van der Waals surface area contributed by atoms with Crippen LogP contribution in [0.4, 0.5) is 0 Å². The normalized spacial score (nSPS) is 20.9. The van der Waals surface area contributed by atoms with E-state index in [2.05, 4.69) is 0 Å². The van der Waals surface area contributed by atoms with E-state index in [-0.39, 0.29) is 11.5 Å². The zero-order chi connectivity index (χ0) is 18.2. The summed E-state index contributed by atoms with van der Waals surface area (Å²) < 4.78 is 0. The molecule has 3 heteroatoms. The monoisotopic (exact) mass is 350 g/mol. The summed E-state index contributed by atoms with van der Waals surface area (Å²) in [6, 6.07) is 14.5. The van der Waals surface area contributed by atoms with E-state index < -0.39 is 10.8 Å². The highest BCUT2D eigenvalue weighted by Crippen LogP contribution is 2.52. The Balaban J connectivity index is 1.81. The van der Waals surface area contributed by atoms with Gasteiger partial charge in [-0.15, -0.1) is 0 Å². The Hall–Kier alpha value is -2.29. The van der Waals surface area contributed by atoms with Crippen LogP contribution in [0.1, 0.15) is 62.5 Å². The zero-order valence-electron chi connectivity index (χ0n) is 15.1. The first-order chi connectivity index (χ1) is 12.6. The first kappa shape index (κ1) is 17.1. The molecule has 0 unspecified atom stereocenters. The molecule has 2 aliphatic rings. The van der Waals surface area contributed by atoms with E-state index in [1.54, 1.807) is 24.3 Å². The van der Waals surface area contributed by atoms with Crippen LogP contribution < -0.4 is 0 Å². The van der Waals surface area contributed by atoms with Crippen LogP contribution in [0.15, 0.2) is 48.5 Å². The van der Waals surface area contributed by atoms with Crippen molar-refractivity contribution in [1.29, 1.82) is 0 Å². The quantitative estimate of drug-likeness (QED) is 0.816. The molecule has 0 saturated heterocycles. The first-order valence-electron chi connectivity index (χ1n) is 9.71. The van der Waals surface area contributed by atoms with Crippen molar-refractivity contribution in [2.45, 2.75) is 62.2 Å². The van der Waals surface area contributed by atoms with Crippen molar-refractivity contribution >= 4 is 5.78 Å². The van der Waals surface area contributed by atoms with Crippen molar-refractivity contribution in [1.82, 2.24) is 0 Å². The highest BCUT2D eigenvalue weighted by molar-refractivity contribution is 5.99. The third-order valence-electron chi connectivity index (χ3n) is 6.62. The maximum absolute atomic E-state index is 14.1. The molecule has 2 fully saturated rings. The van der Waals surface area contributed by atoms with E-state index in [0.29, 0.717) is 5.78 Å². The van der Waals surface area contributed by atoms with Crippen LogP contribution >= 0.6 is 0 Å². The van der Waals surface area contributed by atoms with E-state index in [1.807, 2.05) is 24.3 Å². The summed E-state index contributed by atoms with van der Waals surface area (Å²) in [5.41, 5.74) is 1.19. The van der Waals surface area contributed by atoms with E-state index in [1.165, 1.54) is 0 Å². The molecule has 2 aromatic rings. The average Bonchev–Trinajstić information content (AvgIpc) is 3.33. The number of carbonyl (C=O) groups excluding carboxylic acids is 1. The van der Waals surface area contributed by atoms with Crippen LogP contribution in [0.3, 0.4) is 0 Å². The van der Waals surface area contributed by atoms with Gasteiger partial charge in [0.1, 0.15) is 11.5 Å². The third kappa shape index (κ3) is 2.61. The van der Waals surface area contributed by atoms with E-state index in [0.717, 1.165) is 62.5 Å². The molecule has 136 valence electrons. The molecule has 0 radical (unpaired) electrons. The van der Waals surface area contributed by atoms with Gasteiger partial charge >= 0.3 is 0 Å². The number of phenolic OH excluding ortho intramolecular Hbond substituents is 2. The standard InChI is InChI=1S/C23H26O3/c24-19-9-5-17(6-10-19)22(13-1-2-14-22)21(26)23(15-3-4-16-23)18-7-11-20(25)12-8-18/h5-12,24-25H,1-4,13-16H2. The number of hydrogen-bond donors (Lipinski definition) is 2. The summed E-state index contributed by atoms with van der Waals surface area (Å²) in [7, 11) is 0. The van der Waals surface area contributed by atoms with Crippen LogP contribution in [-0.2, 0) is 15.6 Å². The van der Waals surface area contributed by atoms with Crippen LogP contribution in [0.5, 0.6) is 11.5 Å². The van der Waals surface area contributed by atoms with Crippen molar-refractivity contribution in [3.05, 3.63) is 59.7 Å². The number of rotatable bonds is 4. The van der Waals surface area contributed by atoms with E-state index in [9.17, 15) is 15.0 Å². The van der Waals surface area contributed by atoms with Crippen LogP contribution in [0.25, 0.3) is 0 Å². The smallest absolute Gasteiger partial charge is 0.153 e. The lowest BCUT2D eigenvalue weighted by atomic mass is 9.62. The molecule has 2 saturated carbocycles. The van der Waals surface area contributed by atoms with Crippen LogP contribution in [0, 0.1) is 0 Å². The van der Waals surface area contributed by atoms with Gasteiger partial charge < -0.3 is 10.2 Å². The van der Waals surface area contributed by atoms with Crippen LogP contribution in [-0.4, -0.2) is 16.0 Å². The molecule has 0 heterocycles. The molecule has 3 nitrogen and oxygen atoms in total. The van der Waals surface area contributed by atoms with Gasteiger partial charge in [-0.3, -0.25) is 4.79 Å². The fourth-order valence-electron chi connectivity index (χ4n) is 5.27. The molecular weight excluding hydrogens is 324 g/mol. The highest BCUT2D eigenvalue weighted by atomic mass is 16.3. The lowest BCUT2D eigenvalue weighted by Gasteiger charge is -2.39. The topological polar surface area (TPSA) is 57.5 Å². The number of hydrogen-bond acceptors (Lipinski definition) is 3. The summed E-state index contributed by atoms with van der Waals surface area (Å²) >= 11 is 0. The maximum Gasteiger partial charge on any atom is 0.153 e. The summed E-state index contributed by atoms with van der Waals surface area (Å²) in [6.45, 7) is 0. The molecule has 2 N–H and O–H groups in total. The molecular formula is C23H26O3. The molecule has 2 aliphatic carbocycles. The predicted molar refractivity (Wildman–Crippen MR) is 102 cm³/mol. The molecule has 0 aliphatic heterocycles. The minimum Gasteiger partial charge on any atom is -0.508 e. The highest BCUT2D eigenvalue weighted by Gasteiger charge is 2.53. The Labute approximate surface area is 154 Å². The summed E-state index contributed by atoms with van der Waals surface area (Å²) in [5.74, 6) is 0.822. The van der Waals surface area contributed by atoms with Crippen molar-refractivity contribution < 1.29 is 15.0 Å². The molecule has 4 rings (SSSR count). The van der Waals surface area contributed by atoms with Crippen molar-refractivity contribution in [2.24, 2.45) is 0 Å². The predicted octanol–water partition coefficient (Wildman–Crippen LogP) is 4.99. The van der Waals surface area contributed by atoms with Crippen molar-refractivity contribution in [2.75, 3.05) is 0 Å². The largest absolute Gasteiger partial charge is 0.508 e. The second-order valence-corrected chi connectivity index (χ2v) is 8.00. The fraction of sp³-hybridized carbons (Fsp3) is 0.435. The van der Waals surface area contributed by atoms with E-state index >= 15 is 0 Å². The maximum atomic E-state index is 14.1. The van der Waals surface area contributed by atoms with Gasteiger partial charge in [0, 0.05) is 0 Å². The number of benzene rings is 2. The van der Waals surface area contributed by atoms with Gasteiger partial charge in [0.25, 0.3) is 0 Å². The minimum atomic E-state index is -0.448. The Morgan fingerprint density at radius 3 is 1.23 bits per heavy atom. The summed E-state index contributed by atoms with van der Waals surface area (Å²) in [6.07, 6.45) is 7.81. The first-order valence-corrected chi connectivity index (χ1v) is 9.71. The summed E-state index contributed by atoms with van der Waals surface area (Å²) in [5, 5.41) is 19.4. The van der Waals surface area contributed by atoms with Gasteiger partial charge in [-0.05, 0) is 61.1 Å². The number of phenols is 2. The minimum absolute atomic E-state index is 0.239. The van der Waals surface area contributed by atoms with Crippen molar-refractivity contribution in [3.63, 3.8) is 0 Å². The number of Topliss-reactive ketones (excluding diaryl/α,β-unsaturated/α-hetero) is 1. The van der Waals surface area contributed by atoms with Crippen molar-refractivity contribution in [3.8, 4) is 11.5 Å². The Kier molecular flexibility index (Phi) is 4.26. The molecule has 2 aromatic carbocycles. The summed E-state index contributed by atoms with van der Waals surface area (Å²) in [4.78, 5) is 14.1. The Morgan fingerprint density at radius 1 is 0.615 bits per heavy atom. The lowest BCUT2D eigenvalue weighted by molar-refractivity contribution is -0.130. The zero-order valence-corrected chi connectivity index (χ0v) is 15.1. The van der Waals surface area contributed by atoms with Crippen LogP contribution in [0.2, 0.25) is 0 Å². The third-order valence-corrected chi connectivity index (χ3v) is 6.62. The number of aromatic hydroxyl groups is 2. The lowest BCUT2D eigenvalue weighted by Crippen LogP contribution is -2.46. The molecule has 26 heavy (non-hydrogen) atoms. The molecule has 0 amide bonds. The number of carbonyl (C=O) groups is 1. The number of ketones is 1. The average molecular weight is 350 g/mol. The molecule has 0 spiro atoms. The molecule has 0 bridgehead atoms. The Morgan fingerprint density at radius 2 is 0.923 bits per heavy atom.